The van der Waals surface area contributed by atoms with Gasteiger partial charge in [-0.2, -0.15) is 4.98 Å². The second-order valence-electron chi connectivity index (χ2n) is 6.96. The number of ether oxygens (including phenoxy) is 3. The molecule has 7 nitrogen and oxygen atoms in total. The molecule has 1 fully saturated rings. The van der Waals surface area contributed by atoms with E-state index in [-0.39, 0.29) is 11.8 Å². The quantitative estimate of drug-likeness (QED) is 0.644. The molecule has 1 amide bonds. The Hall–Kier alpha value is -3.45. The Labute approximate surface area is 175 Å². The van der Waals surface area contributed by atoms with E-state index in [0.717, 1.165) is 16.9 Å². The van der Waals surface area contributed by atoms with Gasteiger partial charge in [-0.05, 0) is 48.9 Å². The predicted octanol–water partition coefficient (Wildman–Crippen LogP) is 3.73. The fraction of sp³-hybridized carbons (Fsp3) is 0.261. The number of aryl methyl sites for hydroxylation is 1. The molecule has 3 aromatic rings. The van der Waals surface area contributed by atoms with Gasteiger partial charge in [-0.1, -0.05) is 12.1 Å². The summed E-state index contributed by atoms with van der Waals surface area (Å²) in [5.74, 6) is 1.90. The van der Waals surface area contributed by atoms with Crippen LogP contribution in [0.15, 0.2) is 54.7 Å². The summed E-state index contributed by atoms with van der Waals surface area (Å²) in [6.45, 7) is 4.08. The lowest BCUT2D eigenvalue weighted by Gasteiger charge is -2.27. The average Bonchev–Trinajstić information content (AvgIpc) is 2.79. The summed E-state index contributed by atoms with van der Waals surface area (Å²) in [7, 11) is 1.62. The second-order valence-corrected chi connectivity index (χ2v) is 6.96. The fourth-order valence-electron chi connectivity index (χ4n) is 3.20. The number of nitrogens with zero attached hydrogens (tertiary/aromatic N) is 3. The first-order chi connectivity index (χ1) is 14.6. The molecule has 4 rings (SSSR count). The summed E-state index contributed by atoms with van der Waals surface area (Å²) in [5, 5.41) is 0. The van der Waals surface area contributed by atoms with Crippen molar-refractivity contribution in [1.29, 1.82) is 0 Å². The maximum Gasteiger partial charge on any atom is 0.261 e. The summed E-state index contributed by atoms with van der Waals surface area (Å²) >= 11 is 0. The normalized spacial score (nSPS) is 13.7. The van der Waals surface area contributed by atoms with Gasteiger partial charge in [0.2, 0.25) is 5.88 Å². The van der Waals surface area contributed by atoms with E-state index in [2.05, 4.69) is 9.97 Å². The number of rotatable bonds is 5. The molecule has 154 valence electrons. The summed E-state index contributed by atoms with van der Waals surface area (Å²) in [5.41, 5.74) is 2.18. The van der Waals surface area contributed by atoms with E-state index in [1.165, 1.54) is 6.20 Å². The molecule has 2 heterocycles. The van der Waals surface area contributed by atoms with Crippen LogP contribution in [-0.2, 0) is 4.74 Å². The minimum absolute atomic E-state index is 0.165. The van der Waals surface area contributed by atoms with Gasteiger partial charge >= 0.3 is 0 Å². The largest absolute Gasteiger partial charge is 0.497 e. The van der Waals surface area contributed by atoms with Crippen LogP contribution in [0, 0.1) is 6.92 Å². The monoisotopic (exact) mass is 405 g/mol. The lowest BCUT2D eigenvalue weighted by molar-refractivity contribution is 0.0300. The molecule has 0 unspecified atom stereocenters. The van der Waals surface area contributed by atoms with E-state index in [1.807, 2.05) is 55.5 Å². The maximum absolute atomic E-state index is 13.1. The topological polar surface area (TPSA) is 73.8 Å². The average molecular weight is 405 g/mol. The Bertz CT molecular complexity index is 1030. The number of benzene rings is 2. The van der Waals surface area contributed by atoms with Crippen LogP contribution in [0.2, 0.25) is 0 Å². The van der Waals surface area contributed by atoms with Crippen molar-refractivity contribution in [1.82, 2.24) is 14.9 Å². The van der Waals surface area contributed by atoms with Gasteiger partial charge in [0, 0.05) is 24.8 Å². The van der Waals surface area contributed by atoms with Crippen LogP contribution in [0.1, 0.15) is 15.9 Å². The lowest BCUT2D eigenvalue weighted by atomic mass is 10.2. The van der Waals surface area contributed by atoms with Crippen molar-refractivity contribution >= 4 is 5.91 Å². The van der Waals surface area contributed by atoms with Gasteiger partial charge in [-0.25, -0.2) is 4.98 Å². The molecule has 2 aromatic carbocycles. The molecular weight excluding hydrogens is 382 g/mol. The van der Waals surface area contributed by atoms with E-state index in [0.29, 0.717) is 43.4 Å². The van der Waals surface area contributed by atoms with Crippen molar-refractivity contribution in [3.63, 3.8) is 0 Å². The zero-order valence-electron chi connectivity index (χ0n) is 17.0. The van der Waals surface area contributed by atoms with Crippen LogP contribution < -0.4 is 9.47 Å². The molecule has 1 aliphatic heterocycles. The smallest absolute Gasteiger partial charge is 0.261 e. The van der Waals surface area contributed by atoms with E-state index in [1.54, 1.807) is 12.0 Å². The summed E-state index contributed by atoms with van der Waals surface area (Å²) < 4.78 is 16.6. The third kappa shape index (κ3) is 4.41. The van der Waals surface area contributed by atoms with Crippen LogP contribution in [-0.4, -0.2) is 54.2 Å². The highest BCUT2D eigenvalue weighted by molar-refractivity contribution is 5.96. The van der Waals surface area contributed by atoms with Crippen LogP contribution >= 0.6 is 0 Å². The molecule has 1 aliphatic rings. The number of hydrogen-bond donors (Lipinski definition) is 0. The van der Waals surface area contributed by atoms with Crippen LogP contribution in [0.5, 0.6) is 17.4 Å². The van der Waals surface area contributed by atoms with Crippen molar-refractivity contribution in [3.8, 4) is 28.8 Å². The van der Waals surface area contributed by atoms with Crippen molar-refractivity contribution in [2.24, 2.45) is 0 Å². The summed E-state index contributed by atoms with van der Waals surface area (Å²) in [6, 6.07) is 15.0. The molecule has 0 atom stereocenters. The first-order valence-corrected chi connectivity index (χ1v) is 9.77. The highest BCUT2D eigenvalue weighted by Crippen LogP contribution is 2.28. The van der Waals surface area contributed by atoms with Crippen LogP contribution in [0.25, 0.3) is 11.4 Å². The van der Waals surface area contributed by atoms with Gasteiger partial charge in [0.25, 0.3) is 5.91 Å². The molecule has 0 aliphatic carbocycles. The van der Waals surface area contributed by atoms with Crippen LogP contribution in [0.4, 0.5) is 0 Å². The van der Waals surface area contributed by atoms with Gasteiger partial charge in [0.15, 0.2) is 5.82 Å². The summed E-state index contributed by atoms with van der Waals surface area (Å²) in [4.78, 5) is 23.9. The molecule has 7 heteroatoms. The first-order valence-electron chi connectivity index (χ1n) is 9.77. The number of hydrogen-bond acceptors (Lipinski definition) is 6. The van der Waals surface area contributed by atoms with Gasteiger partial charge < -0.3 is 19.1 Å². The third-order valence-electron chi connectivity index (χ3n) is 4.83. The number of carbonyl (C=O) groups excluding carboxylic acids is 1. The Kier molecular flexibility index (Phi) is 5.90. The molecular formula is C23H23N3O4. The Morgan fingerprint density at radius 3 is 2.53 bits per heavy atom. The first kappa shape index (κ1) is 19.8. The van der Waals surface area contributed by atoms with E-state index < -0.39 is 0 Å². The number of methoxy groups -OCH3 is 1. The molecule has 0 saturated carbocycles. The van der Waals surface area contributed by atoms with Gasteiger partial charge in [-0.15, -0.1) is 0 Å². The minimum Gasteiger partial charge on any atom is -0.497 e. The number of morpholine rings is 1. The third-order valence-corrected chi connectivity index (χ3v) is 4.83. The van der Waals surface area contributed by atoms with Crippen molar-refractivity contribution in [3.05, 3.63) is 65.9 Å². The van der Waals surface area contributed by atoms with Gasteiger partial charge in [0.1, 0.15) is 17.1 Å². The van der Waals surface area contributed by atoms with E-state index >= 15 is 0 Å². The Morgan fingerprint density at radius 1 is 1.07 bits per heavy atom. The number of carbonyl (C=O) groups is 1. The number of aromatic nitrogens is 2. The van der Waals surface area contributed by atoms with Crippen molar-refractivity contribution in [2.45, 2.75) is 6.92 Å². The lowest BCUT2D eigenvalue weighted by Crippen LogP contribution is -2.40. The number of amides is 1. The molecule has 0 spiro atoms. The molecule has 0 bridgehead atoms. The van der Waals surface area contributed by atoms with Crippen LogP contribution in [0.3, 0.4) is 0 Å². The highest BCUT2D eigenvalue weighted by atomic mass is 16.5. The molecule has 1 saturated heterocycles. The predicted molar refractivity (Wildman–Crippen MR) is 112 cm³/mol. The Morgan fingerprint density at radius 2 is 1.83 bits per heavy atom. The highest BCUT2D eigenvalue weighted by Gasteiger charge is 2.24. The maximum atomic E-state index is 13.1. The Balaban J connectivity index is 1.71. The zero-order valence-corrected chi connectivity index (χ0v) is 17.0. The standard InChI is InChI=1S/C23H23N3O4/c1-16-4-3-5-19(14-16)30-22-20(23(27)26-10-12-29-13-11-26)15-24-21(25-22)17-6-8-18(28-2)9-7-17/h3-9,14-15H,10-13H2,1-2H3. The SMILES string of the molecule is COc1ccc(-c2ncc(C(=O)N3CCOCC3)c(Oc3cccc(C)c3)n2)cc1. The van der Waals surface area contributed by atoms with E-state index in [9.17, 15) is 4.79 Å². The zero-order chi connectivity index (χ0) is 20.9. The molecule has 30 heavy (non-hydrogen) atoms. The summed E-state index contributed by atoms with van der Waals surface area (Å²) in [6.07, 6.45) is 1.54. The second kappa shape index (κ2) is 8.92. The molecule has 0 N–H and O–H groups in total. The van der Waals surface area contributed by atoms with Crippen molar-refractivity contribution in [2.75, 3.05) is 33.4 Å². The molecule has 0 radical (unpaired) electrons. The van der Waals surface area contributed by atoms with Gasteiger partial charge in [-0.3, -0.25) is 4.79 Å². The molecule has 1 aromatic heterocycles. The van der Waals surface area contributed by atoms with E-state index in [4.69, 9.17) is 14.2 Å². The van der Waals surface area contributed by atoms with Crippen molar-refractivity contribution < 1.29 is 19.0 Å². The van der Waals surface area contributed by atoms with Gasteiger partial charge in [0.05, 0.1) is 20.3 Å². The fourth-order valence-corrected chi connectivity index (χ4v) is 3.20. The minimum atomic E-state index is -0.165.